The number of hydrogen-bond donors (Lipinski definition) is 1. The van der Waals surface area contributed by atoms with E-state index in [1.165, 1.54) is 0 Å². The number of nitrogens with two attached hydrogens (primary N) is 1. The van der Waals surface area contributed by atoms with Crippen LogP contribution in [0.25, 0.3) is 0 Å². The fraction of sp³-hybridized carbons (Fsp3) is 0.455. The second-order valence-electron chi connectivity index (χ2n) is 3.88. The van der Waals surface area contributed by atoms with Crippen molar-refractivity contribution in [2.24, 2.45) is 5.73 Å². The highest BCUT2D eigenvalue weighted by Gasteiger charge is 2.25. The zero-order valence-electron chi connectivity index (χ0n) is 9.43. The lowest BCUT2D eigenvalue weighted by molar-refractivity contribution is 0.364. The number of methoxy groups -OCH3 is 2. The molecule has 0 amide bonds. The van der Waals surface area contributed by atoms with Gasteiger partial charge in [-0.05, 0) is 26.0 Å². The summed E-state index contributed by atoms with van der Waals surface area (Å²) in [5, 5.41) is 0.534. The number of ether oxygens (including phenoxy) is 2. The van der Waals surface area contributed by atoms with Gasteiger partial charge in [-0.2, -0.15) is 0 Å². The van der Waals surface area contributed by atoms with Gasteiger partial charge in [-0.15, -0.1) is 0 Å². The molecule has 0 saturated carbocycles. The quantitative estimate of drug-likeness (QED) is 0.867. The van der Waals surface area contributed by atoms with Crippen molar-refractivity contribution in [3.63, 3.8) is 0 Å². The fourth-order valence-corrected chi connectivity index (χ4v) is 1.75. The molecule has 84 valence electrons. The van der Waals surface area contributed by atoms with Crippen LogP contribution in [-0.2, 0) is 5.54 Å². The number of halogens is 1. The van der Waals surface area contributed by atoms with E-state index in [9.17, 15) is 0 Å². The van der Waals surface area contributed by atoms with Crippen LogP contribution in [0.1, 0.15) is 19.4 Å². The summed E-state index contributed by atoms with van der Waals surface area (Å²) < 4.78 is 10.5. The SMILES string of the molecule is COc1ccc(Cl)c(OC)c1C(C)(C)N. The Morgan fingerprint density at radius 2 is 1.80 bits per heavy atom. The van der Waals surface area contributed by atoms with E-state index in [0.29, 0.717) is 16.5 Å². The van der Waals surface area contributed by atoms with E-state index in [2.05, 4.69) is 0 Å². The van der Waals surface area contributed by atoms with Gasteiger partial charge in [0.05, 0.1) is 24.8 Å². The summed E-state index contributed by atoms with van der Waals surface area (Å²) in [4.78, 5) is 0. The van der Waals surface area contributed by atoms with Gasteiger partial charge in [-0.25, -0.2) is 0 Å². The van der Waals surface area contributed by atoms with Gasteiger partial charge in [0, 0.05) is 5.54 Å². The van der Waals surface area contributed by atoms with E-state index in [1.54, 1.807) is 26.4 Å². The number of rotatable bonds is 3. The van der Waals surface area contributed by atoms with Crippen molar-refractivity contribution < 1.29 is 9.47 Å². The van der Waals surface area contributed by atoms with Gasteiger partial charge in [-0.1, -0.05) is 11.6 Å². The molecule has 0 heterocycles. The van der Waals surface area contributed by atoms with Gasteiger partial charge < -0.3 is 15.2 Å². The fourth-order valence-electron chi connectivity index (χ4n) is 1.52. The van der Waals surface area contributed by atoms with Gasteiger partial charge >= 0.3 is 0 Å². The Balaban J connectivity index is 3.48. The third-order valence-electron chi connectivity index (χ3n) is 2.14. The first-order chi connectivity index (χ1) is 6.91. The van der Waals surface area contributed by atoms with Crippen LogP contribution in [0.4, 0.5) is 0 Å². The van der Waals surface area contributed by atoms with E-state index in [0.717, 1.165) is 5.56 Å². The Kier molecular flexibility index (Phi) is 3.47. The molecule has 1 aromatic carbocycles. The maximum absolute atomic E-state index is 6.06. The molecule has 0 aliphatic carbocycles. The minimum absolute atomic E-state index is 0.534. The van der Waals surface area contributed by atoms with Crippen molar-refractivity contribution >= 4 is 11.6 Å². The largest absolute Gasteiger partial charge is 0.496 e. The van der Waals surface area contributed by atoms with Gasteiger partial charge in [-0.3, -0.25) is 0 Å². The van der Waals surface area contributed by atoms with Crippen LogP contribution in [-0.4, -0.2) is 14.2 Å². The van der Waals surface area contributed by atoms with E-state index in [4.69, 9.17) is 26.8 Å². The van der Waals surface area contributed by atoms with E-state index >= 15 is 0 Å². The Morgan fingerprint density at radius 1 is 1.20 bits per heavy atom. The molecule has 0 atom stereocenters. The zero-order valence-corrected chi connectivity index (χ0v) is 10.2. The van der Waals surface area contributed by atoms with Crippen molar-refractivity contribution in [3.05, 3.63) is 22.7 Å². The molecule has 4 heteroatoms. The van der Waals surface area contributed by atoms with Crippen molar-refractivity contribution in [3.8, 4) is 11.5 Å². The molecule has 0 radical (unpaired) electrons. The molecule has 1 rings (SSSR count). The number of benzene rings is 1. The molecule has 2 N–H and O–H groups in total. The number of hydrogen-bond acceptors (Lipinski definition) is 3. The van der Waals surface area contributed by atoms with Gasteiger partial charge in [0.1, 0.15) is 11.5 Å². The lowest BCUT2D eigenvalue weighted by atomic mass is 9.93. The van der Waals surface area contributed by atoms with Crippen LogP contribution in [0.15, 0.2) is 12.1 Å². The van der Waals surface area contributed by atoms with Crippen LogP contribution in [0.2, 0.25) is 5.02 Å². The molecule has 0 spiro atoms. The second kappa shape index (κ2) is 4.29. The van der Waals surface area contributed by atoms with Gasteiger partial charge in [0.15, 0.2) is 0 Å². The monoisotopic (exact) mass is 229 g/mol. The second-order valence-corrected chi connectivity index (χ2v) is 4.29. The van der Waals surface area contributed by atoms with Crippen LogP contribution in [0.5, 0.6) is 11.5 Å². The topological polar surface area (TPSA) is 44.5 Å². The van der Waals surface area contributed by atoms with E-state index in [-0.39, 0.29) is 0 Å². The normalized spacial score (nSPS) is 11.3. The third kappa shape index (κ3) is 2.36. The molecule has 0 saturated heterocycles. The van der Waals surface area contributed by atoms with Crippen LogP contribution in [0.3, 0.4) is 0 Å². The average Bonchev–Trinajstić information content (AvgIpc) is 2.15. The van der Waals surface area contributed by atoms with Crippen molar-refractivity contribution in [1.29, 1.82) is 0 Å². The molecular formula is C11H16ClNO2. The summed E-state index contributed by atoms with van der Waals surface area (Å²) in [5.41, 5.74) is 6.27. The molecule has 0 bridgehead atoms. The summed E-state index contributed by atoms with van der Waals surface area (Å²) in [6.07, 6.45) is 0. The lowest BCUT2D eigenvalue weighted by Crippen LogP contribution is -2.30. The highest BCUT2D eigenvalue weighted by atomic mass is 35.5. The molecular weight excluding hydrogens is 214 g/mol. The van der Waals surface area contributed by atoms with Crippen molar-refractivity contribution in [2.75, 3.05) is 14.2 Å². The third-order valence-corrected chi connectivity index (χ3v) is 2.44. The maximum atomic E-state index is 6.06. The van der Waals surface area contributed by atoms with Crippen LogP contribution in [0, 0.1) is 0 Å². The first-order valence-electron chi connectivity index (χ1n) is 4.61. The summed E-state index contributed by atoms with van der Waals surface area (Å²) in [5.74, 6) is 1.26. The summed E-state index contributed by atoms with van der Waals surface area (Å²) >= 11 is 6.03. The Morgan fingerprint density at radius 3 is 2.20 bits per heavy atom. The van der Waals surface area contributed by atoms with Gasteiger partial charge in [0.25, 0.3) is 0 Å². The van der Waals surface area contributed by atoms with Crippen LogP contribution < -0.4 is 15.2 Å². The highest BCUT2D eigenvalue weighted by molar-refractivity contribution is 6.32. The molecule has 1 aromatic rings. The van der Waals surface area contributed by atoms with E-state index < -0.39 is 5.54 Å². The first kappa shape index (κ1) is 12.1. The Labute approximate surface area is 95.1 Å². The summed E-state index contributed by atoms with van der Waals surface area (Å²) in [6, 6.07) is 3.52. The predicted octanol–water partition coefficient (Wildman–Crippen LogP) is 2.55. The molecule has 0 fully saturated rings. The Bertz CT molecular complexity index is 358. The Hall–Kier alpha value is -0.930. The summed E-state index contributed by atoms with van der Waals surface area (Å²) in [7, 11) is 3.16. The minimum Gasteiger partial charge on any atom is -0.496 e. The molecule has 0 aromatic heterocycles. The summed E-state index contributed by atoms with van der Waals surface area (Å²) in [6.45, 7) is 3.76. The van der Waals surface area contributed by atoms with Gasteiger partial charge in [0.2, 0.25) is 0 Å². The first-order valence-corrected chi connectivity index (χ1v) is 4.99. The van der Waals surface area contributed by atoms with E-state index in [1.807, 2.05) is 13.8 Å². The van der Waals surface area contributed by atoms with Crippen molar-refractivity contribution in [1.82, 2.24) is 0 Å². The predicted molar refractivity (Wildman–Crippen MR) is 61.8 cm³/mol. The maximum Gasteiger partial charge on any atom is 0.146 e. The lowest BCUT2D eigenvalue weighted by Gasteiger charge is -2.25. The van der Waals surface area contributed by atoms with Crippen molar-refractivity contribution in [2.45, 2.75) is 19.4 Å². The average molecular weight is 230 g/mol. The highest BCUT2D eigenvalue weighted by Crippen LogP contribution is 2.40. The zero-order chi connectivity index (χ0) is 11.6. The molecule has 3 nitrogen and oxygen atoms in total. The molecule has 15 heavy (non-hydrogen) atoms. The molecule has 0 aliphatic rings. The molecule has 0 unspecified atom stereocenters. The molecule has 0 aliphatic heterocycles. The minimum atomic E-state index is -0.568. The standard InChI is InChI=1S/C11H16ClNO2/c1-11(2,13)9-8(14-3)6-5-7(12)10(9)15-4/h5-6H,13H2,1-4H3. The van der Waals surface area contributed by atoms with Crippen LogP contribution >= 0.6 is 11.6 Å². The smallest absolute Gasteiger partial charge is 0.146 e.